The van der Waals surface area contributed by atoms with Crippen LogP contribution in [0.5, 0.6) is 0 Å². The fraction of sp³-hybridized carbons (Fsp3) is 0.550. The minimum absolute atomic E-state index is 0.0120. The molecule has 1 unspecified atom stereocenters. The molecule has 0 aliphatic heterocycles. The van der Waals surface area contributed by atoms with Gasteiger partial charge in [0.25, 0.3) is 5.91 Å². The molecule has 10 heteroatoms. The maximum atomic E-state index is 12.7. The molecule has 0 saturated heterocycles. The molecule has 0 aliphatic carbocycles. The predicted octanol–water partition coefficient (Wildman–Crippen LogP) is 1.18. The first-order valence-electron chi connectivity index (χ1n) is 9.45. The largest absolute Gasteiger partial charge is 0.448 e. The van der Waals surface area contributed by atoms with Gasteiger partial charge in [-0.25, -0.2) is 4.79 Å². The van der Waals surface area contributed by atoms with E-state index in [9.17, 15) is 19.2 Å². The zero-order valence-electron chi connectivity index (χ0n) is 17.7. The Balaban J connectivity index is 2.62. The highest BCUT2D eigenvalue weighted by atomic mass is 32.2. The molecule has 1 atom stereocenters. The standard InChI is InChI=1S/C20H29N3O6S/c1-14(24)30-11-10-22-16(25)7-9-23-18(26)17(20(2,3)13-28-4)29-19(27)15-6-5-8-21-12-15/h5-6,8,12,17H,7,9-11,13H2,1-4H3,(H,22,25)(H,23,26). The highest BCUT2D eigenvalue weighted by Crippen LogP contribution is 2.25. The van der Waals surface area contributed by atoms with Gasteiger partial charge in [-0.05, 0) is 12.1 Å². The average molecular weight is 440 g/mol. The maximum absolute atomic E-state index is 12.7. The van der Waals surface area contributed by atoms with Crippen LogP contribution in [-0.4, -0.2) is 66.5 Å². The van der Waals surface area contributed by atoms with E-state index in [1.165, 1.54) is 26.4 Å². The Morgan fingerprint density at radius 2 is 1.93 bits per heavy atom. The zero-order valence-corrected chi connectivity index (χ0v) is 18.5. The first kappa shape index (κ1) is 25.6. The first-order valence-corrected chi connectivity index (χ1v) is 10.4. The van der Waals surface area contributed by atoms with Crippen LogP contribution >= 0.6 is 11.8 Å². The average Bonchev–Trinajstić information content (AvgIpc) is 2.69. The second-order valence-corrected chi connectivity index (χ2v) is 8.45. The van der Waals surface area contributed by atoms with Gasteiger partial charge < -0.3 is 20.1 Å². The van der Waals surface area contributed by atoms with Crippen molar-refractivity contribution in [1.29, 1.82) is 0 Å². The molecule has 0 saturated carbocycles. The van der Waals surface area contributed by atoms with Crippen molar-refractivity contribution in [3.63, 3.8) is 0 Å². The Labute approximate surface area is 180 Å². The van der Waals surface area contributed by atoms with Gasteiger partial charge in [-0.1, -0.05) is 25.6 Å². The van der Waals surface area contributed by atoms with E-state index in [0.717, 1.165) is 11.8 Å². The van der Waals surface area contributed by atoms with Crippen LogP contribution < -0.4 is 10.6 Å². The summed E-state index contributed by atoms with van der Waals surface area (Å²) >= 11 is 1.13. The molecule has 0 radical (unpaired) electrons. The SMILES string of the molecule is COCC(C)(C)C(OC(=O)c1cccnc1)C(=O)NCCC(=O)NCCSC(C)=O. The number of amides is 2. The number of nitrogens with zero attached hydrogens (tertiary/aromatic N) is 1. The lowest BCUT2D eigenvalue weighted by atomic mass is 9.86. The lowest BCUT2D eigenvalue weighted by Crippen LogP contribution is -2.49. The molecular weight excluding hydrogens is 410 g/mol. The van der Waals surface area contributed by atoms with Crippen LogP contribution in [-0.2, 0) is 23.9 Å². The smallest absolute Gasteiger partial charge is 0.340 e. The number of pyridine rings is 1. The number of rotatable bonds is 12. The number of hydrogen-bond acceptors (Lipinski definition) is 8. The van der Waals surface area contributed by atoms with Crippen molar-refractivity contribution in [1.82, 2.24) is 15.6 Å². The fourth-order valence-electron chi connectivity index (χ4n) is 2.54. The molecule has 2 N–H and O–H groups in total. The molecule has 1 aromatic rings. The van der Waals surface area contributed by atoms with Gasteiger partial charge in [-0.2, -0.15) is 0 Å². The first-order chi connectivity index (χ1) is 14.2. The van der Waals surface area contributed by atoms with Crippen LogP contribution in [0.3, 0.4) is 0 Å². The number of carbonyl (C=O) groups is 4. The number of aromatic nitrogens is 1. The number of thioether (sulfide) groups is 1. The summed E-state index contributed by atoms with van der Waals surface area (Å²) in [6, 6.07) is 3.14. The van der Waals surface area contributed by atoms with Crippen molar-refractivity contribution in [2.45, 2.75) is 33.3 Å². The molecule has 0 aliphatic rings. The molecule has 0 spiro atoms. The number of methoxy groups -OCH3 is 1. The summed E-state index contributed by atoms with van der Waals surface area (Å²) in [4.78, 5) is 51.7. The lowest BCUT2D eigenvalue weighted by molar-refractivity contribution is -0.138. The third-order valence-corrected chi connectivity index (χ3v) is 4.78. The van der Waals surface area contributed by atoms with Crippen molar-refractivity contribution in [2.24, 2.45) is 5.41 Å². The number of ether oxygens (including phenoxy) is 2. The Morgan fingerprint density at radius 1 is 1.20 bits per heavy atom. The Morgan fingerprint density at radius 3 is 2.53 bits per heavy atom. The molecule has 166 valence electrons. The van der Waals surface area contributed by atoms with Gasteiger partial charge in [-0.3, -0.25) is 19.4 Å². The van der Waals surface area contributed by atoms with Crippen molar-refractivity contribution in [3.05, 3.63) is 30.1 Å². The second kappa shape index (κ2) is 13.0. The minimum atomic E-state index is -1.12. The van der Waals surface area contributed by atoms with Gasteiger partial charge in [0, 0.05) is 57.1 Å². The topological polar surface area (TPSA) is 124 Å². The number of carbonyl (C=O) groups excluding carboxylic acids is 4. The third-order valence-electron chi connectivity index (χ3n) is 3.97. The molecule has 1 heterocycles. The molecule has 1 rings (SSSR count). The van der Waals surface area contributed by atoms with E-state index in [-0.39, 0.29) is 36.2 Å². The van der Waals surface area contributed by atoms with E-state index in [0.29, 0.717) is 12.3 Å². The molecule has 0 fully saturated rings. The summed E-state index contributed by atoms with van der Waals surface area (Å²) in [5.74, 6) is -0.952. The molecule has 0 aromatic carbocycles. The van der Waals surface area contributed by atoms with E-state index in [2.05, 4.69) is 15.6 Å². The molecule has 2 amide bonds. The van der Waals surface area contributed by atoms with Gasteiger partial charge in [0.05, 0.1) is 12.2 Å². The molecule has 30 heavy (non-hydrogen) atoms. The number of esters is 1. The number of hydrogen-bond donors (Lipinski definition) is 2. The Bertz CT molecular complexity index is 727. The third kappa shape index (κ3) is 9.36. The van der Waals surface area contributed by atoms with Crippen LogP contribution in [0, 0.1) is 5.41 Å². The number of nitrogens with one attached hydrogen (secondary N) is 2. The van der Waals surface area contributed by atoms with E-state index in [4.69, 9.17) is 9.47 Å². The summed E-state index contributed by atoms with van der Waals surface area (Å²) in [5, 5.41) is 5.29. The molecule has 0 bridgehead atoms. The quantitative estimate of drug-likeness (QED) is 0.368. The normalized spacial score (nSPS) is 12.0. The van der Waals surface area contributed by atoms with Crippen molar-refractivity contribution in [2.75, 3.05) is 32.6 Å². The van der Waals surface area contributed by atoms with Gasteiger partial charge in [0.1, 0.15) is 0 Å². The monoisotopic (exact) mass is 439 g/mol. The van der Waals surface area contributed by atoms with Crippen LogP contribution in [0.25, 0.3) is 0 Å². The molecular formula is C20H29N3O6S. The van der Waals surface area contributed by atoms with Crippen molar-refractivity contribution >= 4 is 34.7 Å². The van der Waals surface area contributed by atoms with E-state index >= 15 is 0 Å². The van der Waals surface area contributed by atoms with Crippen LogP contribution in [0.2, 0.25) is 0 Å². The van der Waals surface area contributed by atoms with Gasteiger partial charge >= 0.3 is 5.97 Å². The van der Waals surface area contributed by atoms with E-state index in [1.54, 1.807) is 26.0 Å². The summed E-state index contributed by atoms with van der Waals surface area (Å²) in [6.07, 6.45) is 1.82. The highest BCUT2D eigenvalue weighted by Gasteiger charge is 2.39. The Kier molecular flexibility index (Phi) is 11.1. The lowest BCUT2D eigenvalue weighted by Gasteiger charge is -2.32. The van der Waals surface area contributed by atoms with Gasteiger partial charge in [-0.15, -0.1) is 0 Å². The molecule has 9 nitrogen and oxygen atoms in total. The van der Waals surface area contributed by atoms with Crippen LogP contribution in [0.1, 0.15) is 37.6 Å². The summed E-state index contributed by atoms with van der Waals surface area (Å²) in [7, 11) is 1.49. The second-order valence-electron chi connectivity index (χ2n) is 7.18. The summed E-state index contributed by atoms with van der Waals surface area (Å²) in [6.45, 7) is 5.58. The van der Waals surface area contributed by atoms with Gasteiger partial charge in [0.2, 0.25) is 5.91 Å². The van der Waals surface area contributed by atoms with Gasteiger partial charge in [0.15, 0.2) is 11.2 Å². The van der Waals surface area contributed by atoms with Crippen molar-refractivity contribution < 1.29 is 28.7 Å². The maximum Gasteiger partial charge on any atom is 0.340 e. The van der Waals surface area contributed by atoms with Crippen LogP contribution in [0.4, 0.5) is 0 Å². The van der Waals surface area contributed by atoms with Crippen LogP contribution in [0.15, 0.2) is 24.5 Å². The Hall–Kier alpha value is -2.46. The molecule has 1 aromatic heterocycles. The summed E-state index contributed by atoms with van der Waals surface area (Å²) in [5.41, 5.74) is -0.575. The van der Waals surface area contributed by atoms with E-state index < -0.39 is 23.4 Å². The highest BCUT2D eigenvalue weighted by molar-refractivity contribution is 8.13. The fourth-order valence-corrected chi connectivity index (χ4v) is 3.03. The zero-order chi connectivity index (χ0) is 22.6. The van der Waals surface area contributed by atoms with Crippen molar-refractivity contribution in [3.8, 4) is 0 Å². The minimum Gasteiger partial charge on any atom is -0.448 e. The summed E-state index contributed by atoms with van der Waals surface area (Å²) < 4.78 is 10.6. The van der Waals surface area contributed by atoms with E-state index in [1.807, 2.05) is 0 Å². The predicted molar refractivity (Wildman–Crippen MR) is 113 cm³/mol.